The summed E-state index contributed by atoms with van der Waals surface area (Å²) in [6, 6.07) is 14.2. The van der Waals surface area contributed by atoms with Crippen molar-refractivity contribution in [1.82, 2.24) is 4.90 Å². The molecule has 0 saturated heterocycles. The van der Waals surface area contributed by atoms with Gasteiger partial charge < -0.3 is 5.11 Å². The highest BCUT2D eigenvalue weighted by atomic mass is 16.4. The smallest absolute Gasteiger partial charge is 0.335 e. The van der Waals surface area contributed by atoms with Crippen LogP contribution in [0.4, 0.5) is 0 Å². The lowest BCUT2D eigenvalue weighted by Crippen LogP contribution is -2.28. The van der Waals surface area contributed by atoms with Gasteiger partial charge in [-0.1, -0.05) is 50.2 Å². The summed E-state index contributed by atoms with van der Waals surface area (Å²) in [6.45, 7) is 4.07. The molecule has 0 radical (unpaired) electrons. The van der Waals surface area contributed by atoms with E-state index in [1.54, 1.807) is 18.2 Å². The molecule has 1 N–H and O–H groups in total. The molecular weight excluding hydrogens is 328 g/mol. The Balaban J connectivity index is 2.45. The van der Waals surface area contributed by atoms with E-state index in [1.165, 1.54) is 7.05 Å². The molecule has 0 aliphatic heterocycles. The van der Waals surface area contributed by atoms with Gasteiger partial charge in [-0.05, 0) is 41.2 Å². The van der Waals surface area contributed by atoms with Crippen molar-refractivity contribution in [1.29, 1.82) is 5.26 Å². The minimum absolute atomic E-state index is 0.215. The zero-order chi connectivity index (χ0) is 19.3. The largest absolute Gasteiger partial charge is 0.478 e. The van der Waals surface area contributed by atoms with E-state index in [4.69, 9.17) is 5.26 Å². The van der Waals surface area contributed by atoms with Crippen molar-refractivity contribution in [3.05, 3.63) is 59.7 Å². The maximum atomic E-state index is 12.6. The molecule has 0 aliphatic carbocycles. The number of rotatable bonds is 6. The third-order valence-electron chi connectivity index (χ3n) is 4.22. The Morgan fingerprint density at radius 2 is 1.73 bits per heavy atom. The van der Waals surface area contributed by atoms with Crippen LogP contribution in [0.1, 0.15) is 42.1 Å². The average Bonchev–Trinajstić information content (AvgIpc) is 2.65. The molecule has 26 heavy (non-hydrogen) atoms. The molecular formula is C21H22N2O3. The fourth-order valence-corrected chi connectivity index (χ4v) is 2.90. The second-order valence-electron chi connectivity index (χ2n) is 6.69. The van der Waals surface area contributed by atoms with Crippen LogP contribution in [0.3, 0.4) is 0 Å². The summed E-state index contributed by atoms with van der Waals surface area (Å²) in [5.41, 5.74) is 2.65. The SMILES string of the molecule is CC(C)CC(C(=O)N(C)C#N)c1cccc(-c2cccc(C(=O)O)c2)c1. The molecule has 2 rings (SSSR count). The molecule has 5 heteroatoms. The number of amides is 1. The van der Waals surface area contributed by atoms with E-state index in [0.717, 1.165) is 21.6 Å². The van der Waals surface area contributed by atoms with E-state index >= 15 is 0 Å². The first-order valence-electron chi connectivity index (χ1n) is 8.44. The maximum absolute atomic E-state index is 12.6. The van der Waals surface area contributed by atoms with Gasteiger partial charge in [-0.25, -0.2) is 4.79 Å². The summed E-state index contributed by atoms with van der Waals surface area (Å²) in [7, 11) is 1.47. The highest BCUT2D eigenvalue weighted by molar-refractivity contribution is 5.89. The van der Waals surface area contributed by atoms with Crippen LogP contribution in [0.25, 0.3) is 11.1 Å². The maximum Gasteiger partial charge on any atom is 0.335 e. The van der Waals surface area contributed by atoms with Crippen LogP contribution in [-0.4, -0.2) is 28.9 Å². The van der Waals surface area contributed by atoms with Crippen molar-refractivity contribution in [2.75, 3.05) is 7.05 Å². The van der Waals surface area contributed by atoms with E-state index in [1.807, 2.05) is 50.4 Å². The standard InChI is InChI=1S/C21H22N2O3/c1-14(2)10-19(20(24)23(3)13-22)17-8-4-6-15(11-17)16-7-5-9-18(12-16)21(25)26/h4-9,11-12,14,19H,10H2,1-3H3,(H,25,26). The van der Waals surface area contributed by atoms with E-state index < -0.39 is 11.9 Å². The quantitative estimate of drug-likeness (QED) is 0.627. The van der Waals surface area contributed by atoms with Crippen molar-refractivity contribution in [3.63, 3.8) is 0 Å². The number of hydrogen-bond acceptors (Lipinski definition) is 3. The van der Waals surface area contributed by atoms with Gasteiger partial charge in [-0.15, -0.1) is 0 Å². The van der Waals surface area contributed by atoms with Gasteiger partial charge in [-0.3, -0.25) is 9.69 Å². The fourth-order valence-electron chi connectivity index (χ4n) is 2.90. The molecule has 0 spiro atoms. The predicted molar refractivity (Wildman–Crippen MR) is 99.4 cm³/mol. The number of hydrogen-bond donors (Lipinski definition) is 1. The highest BCUT2D eigenvalue weighted by Crippen LogP contribution is 2.30. The Morgan fingerprint density at radius 1 is 1.12 bits per heavy atom. The van der Waals surface area contributed by atoms with Crippen LogP contribution in [0.5, 0.6) is 0 Å². The lowest BCUT2D eigenvalue weighted by Gasteiger charge is -2.21. The van der Waals surface area contributed by atoms with Gasteiger partial charge in [-0.2, -0.15) is 5.26 Å². The van der Waals surface area contributed by atoms with Crippen LogP contribution in [-0.2, 0) is 4.79 Å². The Morgan fingerprint density at radius 3 is 2.31 bits per heavy atom. The van der Waals surface area contributed by atoms with E-state index in [9.17, 15) is 14.7 Å². The van der Waals surface area contributed by atoms with E-state index in [-0.39, 0.29) is 17.4 Å². The molecule has 0 fully saturated rings. The molecule has 0 heterocycles. The monoisotopic (exact) mass is 350 g/mol. The first-order valence-corrected chi connectivity index (χ1v) is 8.44. The van der Waals surface area contributed by atoms with Crippen LogP contribution in [0.15, 0.2) is 48.5 Å². The summed E-state index contributed by atoms with van der Waals surface area (Å²) in [4.78, 5) is 24.9. The van der Waals surface area contributed by atoms with Gasteiger partial charge in [0, 0.05) is 7.05 Å². The van der Waals surface area contributed by atoms with E-state index in [2.05, 4.69) is 0 Å². The first-order chi connectivity index (χ1) is 12.3. The van der Waals surface area contributed by atoms with Gasteiger partial charge >= 0.3 is 5.97 Å². The molecule has 0 saturated carbocycles. The van der Waals surface area contributed by atoms with Crippen LogP contribution in [0.2, 0.25) is 0 Å². The summed E-state index contributed by atoms with van der Waals surface area (Å²) in [6.07, 6.45) is 2.50. The number of nitriles is 1. The number of nitrogens with zero attached hydrogens (tertiary/aromatic N) is 2. The fraction of sp³-hybridized carbons (Fsp3) is 0.286. The minimum atomic E-state index is -0.980. The highest BCUT2D eigenvalue weighted by Gasteiger charge is 2.25. The Bertz CT molecular complexity index is 852. The topological polar surface area (TPSA) is 81.4 Å². The number of aromatic carboxylic acids is 1. The zero-order valence-electron chi connectivity index (χ0n) is 15.1. The van der Waals surface area contributed by atoms with Crippen molar-refractivity contribution in [2.24, 2.45) is 5.92 Å². The van der Waals surface area contributed by atoms with E-state index in [0.29, 0.717) is 6.42 Å². The van der Waals surface area contributed by atoms with Crippen LogP contribution >= 0.6 is 0 Å². The normalized spacial score (nSPS) is 11.7. The van der Waals surface area contributed by atoms with Crippen molar-refractivity contribution in [3.8, 4) is 17.3 Å². The second kappa shape index (κ2) is 8.30. The summed E-state index contributed by atoms with van der Waals surface area (Å²) >= 11 is 0. The third kappa shape index (κ3) is 4.48. The number of carbonyl (C=O) groups excluding carboxylic acids is 1. The summed E-state index contributed by atoms with van der Waals surface area (Å²) < 4.78 is 0. The molecule has 0 aliphatic rings. The molecule has 5 nitrogen and oxygen atoms in total. The van der Waals surface area contributed by atoms with Crippen molar-refractivity contribution >= 4 is 11.9 Å². The minimum Gasteiger partial charge on any atom is -0.478 e. The molecule has 1 atom stereocenters. The number of benzene rings is 2. The van der Waals surface area contributed by atoms with Gasteiger partial charge in [0.2, 0.25) is 5.91 Å². The van der Waals surface area contributed by atoms with Crippen LogP contribution in [0, 0.1) is 17.4 Å². The molecule has 2 aromatic rings. The molecule has 134 valence electrons. The van der Waals surface area contributed by atoms with Crippen LogP contribution < -0.4 is 0 Å². The molecule has 2 aromatic carbocycles. The predicted octanol–water partition coefficient (Wildman–Crippen LogP) is 4.12. The summed E-state index contributed by atoms with van der Waals surface area (Å²) in [5.74, 6) is -1.35. The summed E-state index contributed by atoms with van der Waals surface area (Å²) in [5, 5.41) is 18.2. The third-order valence-corrected chi connectivity index (χ3v) is 4.22. The average molecular weight is 350 g/mol. The number of carbonyl (C=O) groups is 2. The molecule has 1 amide bonds. The van der Waals surface area contributed by atoms with Crippen molar-refractivity contribution < 1.29 is 14.7 Å². The molecule has 0 bridgehead atoms. The number of carboxylic acids is 1. The Labute approximate surface area is 153 Å². The number of carboxylic acid groups (broad SMARTS) is 1. The van der Waals surface area contributed by atoms with Gasteiger partial charge in [0.15, 0.2) is 6.19 Å². The van der Waals surface area contributed by atoms with Gasteiger partial charge in [0.25, 0.3) is 0 Å². The molecule has 1 unspecified atom stereocenters. The molecule has 0 aromatic heterocycles. The number of likely N-dealkylation sites (N-methyl/N-ethyl adjacent to an activating group) is 1. The van der Waals surface area contributed by atoms with Gasteiger partial charge in [0.1, 0.15) is 0 Å². The Kier molecular flexibility index (Phi) is 6.13. The lowest BCUT2D eigenvalue weighted by molar-refractivity contribution is -0.129. The van der Waals surface area contributed by atoms with Crippen molar-refractivity contribution in [2.45, 2.75) is 26.2 Å². The Hall–Kier alpha value is -3.13. The lowest BCUT2D eigenvalue weighted by atomic mass is 9.87. The first kappa shape index (κ1) is 19.2. The zero-order valence-corrected chi connectivity index (χ0v) is 15.1. The van der Waals surface area contributed by atoms with Gasteiger partial charge in [0.05, 0.1) is 11.5 Å². The second-order valence-corrected chi connectivity index (χ2v) is 6.69.